The van der Waals surface area contributed by atoms with Crippen LogP contribution in [0.4, 0.5) is 5.69 Å². The summed E-state index contributed by atoms with van der Waals surface area (Å²) in [5, 5.41) is 11.2. The molecule has 1 aliphatic carbocycles. The van der Waals surface area contributed by atoms with Crippen LogP contribution in [0, 0.1) is 23.0 Å². The number of rotatable bonds is 8. The number of hydrogen-bond donors (Lipinski definition) is 0. The Morgan fingerprint density at radius 1 is 1.00 bits per heavy atom. The molecule has 3 atom stereocenters. The van der Waals surface area contributed by atoms with Crippen molar-refractivity contribution in [2.75, 3.05) is 20.2 Å². The standard InChI is InChI=1S/C28H39N3O6/c1-19-16-22-17-20(12-13-21(22)18-25(19)31(35)36)8-3-4-11-26(32)29-14-6-5-9-23(29)27(33)30-15-7-10-24(30)28(34)37-2/h16,18,20,23-24H,3-15,17H2,1-2H3/t20?,23?,24-/m0/s1. The normalized spacial score (nSPS) is 23.5. The predicted octanol–water partition coefficient (Wildman–Crippen LogP) is 4.11. The van der Waals surface area contributed by atoms with Gasteiger partial charge in [0.1, 0.15) is 12.1 Å². The van der Waals surface area contributed by atoms with Crippen LogP contribution in [0.1, 0.15) is 80.9 Å². The number of carbonyl (C=O) groups is 3. The second-order valence-corrected chi connectivity index (χ2v) is 10.8. The smallest absolute Gasteiger partial charge is 0.328 e. The largest absolute Gasteiger partial charge is 0.467 e. The summed E-state index contributed by atoms with van der Waals surface area (Å²) in [6.45, 7) is 2.93. The van der Waals surface area contributed by atoms with Crippen molar-refractivity contribution in [2.24, 2.45) is 5.92 Å². The van der Waals surface area contributed by atoms with Crippen LogP contribution in [0.3, 0.4) is 0 Å². The van der Waals surface area contributed by atoms with E-state index in [9.17, 15) is 24.5 Å². The number of benzene rings is 1. The Hall–Kier alpha value is -2.97. The van der Waals surface area contributed by atoms with Gasteiger partial charge in [0.2, 0.25) is 11.8 Å². The van der Waals surface area contributed by atoms with Crippen LogP contribution in [0.25, 0.3) is 0 Å². The molecule has 2 saturated heterocycles. The number of hydrogen-bond acceptors (Lipinski definition) is 6. The summed E-state index contributed by atoms with van der Waals surface area (Å²) >= 11 is 0. The molecule has 0 saturated carbocycles. The molecule has 1 aromatic carbocycles. The number of ether oxygens (including phenoxy) is 1. The first-order valence-corrected chi connectivity index (χ1v) is 13.7. The number of esters is 1. The maximum Gasteiger partial charge on any atom is 0.328 e. The second-order valence-electron chi connectivity index (χ2n) is 10.8. The first-order chi connectivity index (χ1) is 17.8. The van der Waals surface area contributed by atoms with Crippen LogP contribution in [0.2, 0.25) is 0 Å². The highest BCUT2D eigenvalue weighted by molar-refractivity contribution is 5.91. The summed E-state index contributed by atoms with van der Waals surface area (Å²) < 4.78 is 4.89. The Morgan fingerprint density at radius 3 is 2.51 bits per heavy atom. The van der Waals surface area contributed by atoms with Crippen molar-refractivity contribution in [3.63, 3.8) is 0 Å². The van der Waals surface area contributed by atoms with Crippen molar-refractivity contribution >= 4 is 23.5 Å². The number of methoxy groups -OCH3 is 1. The third kappa shape index (κ3) is 6.13. The Labute approximate surface area is 218 Å². The van der Waals surface area contributed by atoms with Gasteiger partial charge in [-0.1, -0.05) is 12.8 Å². The van der Waals surface area contributed by atoms with Crippen molar-refractivity contribution in [2.45, 2.75) is 96.1 Å². The maximum absolute atomic E-state index is 13.4. The minimum Gasteiger partial charge on any atom is -0.467 e. The lowest BCUT2D eigenvalue weighted by Gasteiger charge is -2.38. The van der Waals surface area contributed by atoms with Gasteiger partial charge < -0.3 is 14.5 Å². The molecule has 2 fully saturated rings. The maximum atomic E-state index is 13.4. The summed E-state index contributed by atoms with van der Waals surface area (Å²) in [5.41, 5.74) is 3.23. The molecule has 2 heterocycles. The highest BCUT2D eigenvalue weighted by Gasteiger charge is 2.41. The lowest BCUT2D eigenvalue weighted by molar-refractivity contribution is -0.385. The monoisotopic (exact) mass is 513 g/mol. The van der Waals surface area contributed by atoms with Crippen LogP contribution in [0.5, 0.6) is 0 Å². The third-order valence-electron chi connectivity index (χ3n) is 8.42. The molecule has 4 rings (SSSR count). The van der Waals surface area contributed by atoms with Crippen LogP contribution in [-0.2, 0) is 32.0 Å². The minimum absolute atomic E-state index is 0.0313. The highest BCUT2D eigenvalue weighted by Crippen LogP contribution is 2.33. The zero-order chi connectivity index (χ0) is 26.5. The van der Waals surface area contributed by atoms with Gasteiger partial charge in [-0.15, -0.1) is 0 Å². The van der Waals surface area contributed by atoms with Gasteiger partial charge in [0, 0.05) is 31.1 Å². The zero-order valence-electron chi connectivity index (χ0n) is 22.1. The van der Waals surface area contributed by atoms with Crippen molar-refractivity contribution < 1.29 is 24.0 Å². The molecule has 202 valence electrons. The fourth-order valence-corrected chi connectivity index (χ4v) is 6.38. The van der Waals surface area contributed by atoms with Gasteiger partial charge in [0.15, 0.2) is 0 Å². The minimum atomic E-state index is -0.535. The summed E-state index contributed by atoms with van der Waals surface area (Å²) in [7, 11) is 1.35. The topological polar surface area (TPSA) is 110 Å². The summed E-state index contributed by atoms with van der Waals surface area (Å²) in [6.07, 6.45) is 9.83. The summed E-state index contributed by atoms with van der Waals surface area (Å²) in [4.78, 5) is 52.9. The number of nitro benzene ring substituents is 1. The molecule has 37 heavy (non-hydrogen) atoms. The van der Waals surface area contributed by atoms with E-state index in [1.807, 2.05) is 6.07 Å². The van der Waals surface area contributed by atoms with Gasteiger partial charge in [-0.2, -0.15) is 0 Å². The Kier molecular flexibility index (Phi) is 8.82. The Bertz CT molecular complexity index is 1040. The number of nitro groups is 1. The fraction of sp³-hybridized carbons (Fsp3) is 0.679. The van der Waals surface area contributed by atoms with Crippen molar-refractivity contribution in [3.8, 4) is 0 Å². The number of amides is 2. The first-order valence-electron chi connectivity index (χ1n) is 13.7. The number of nitrogens with zero attached hydrogens (tertiary/aromatic N) is 3. The van der Waals surface area contributed by atoms with Gasteiger partial charge in [0.25, 0.3) is 5.69 Å². The van der Waals surface area contributed by atoms with E-state index in [2.05, 4.69) is 0 Å². The number of piperidine rings is 1. The number of aryl methyl sites for hydroxylation is 2. The van der Waals surface area contributed by atoms with Crippen molar-refractivity contribution in [1.29, 1.82) is 0 Å². The molecule has 0 aromatic heterocycles. The molecule has 9 nitrogen and oxygen atoms in total. The van der Waals surface area contributed by atoms with E-state index in [0.717, 1.165) is 63.4 Å². The lowest BCUT2D eigenvalue weighted by atomic mass is 9.80. The van der Waals surface area contributed by atoms with Crippen LogP contribution in [-0.4, -0.2) is 64.8 Å². The Morgan fingerprint density at radius 2 is 1.76 bits per heavy atom. The molecule has 3 aliphatic rings. The third-order valence-corrected chi connectivity index (χ3v) is 8.42. The van der Waals surface area contributed by atoms with Crippen LogP contribution >= 0.6 is 0 Å². The molecule has 0 radical (unpaired) electrons. The average Bonchev–Trinajstić information content (AvgIpc) is 3.39. The van der Waals surface area contributed by atoms with E-state index in [1.165, 1.54) is 12.7 Å². The second kappa shape index (κ2) is 12.0. The highest BCUT2D eigenvalue weighted by atomic mass is 16.6. The van der Waals surface area contributed by atoms with Gasteiger partial charge >= 0.3 is 5.97 Å². The molecule has 2 unspecified atom stereocenters. The number of carbonyl (C=O) groups excluding carboxylic acids is 3. The van der Waals surface area contributed by atoms with Gasteiger partial charge in [-0.05, 0) is 87.8 Å². The van der Waals surface area contributed by atoms with Crippen molar-refractivity contribution in [3.05, 3.63) is 38.9 Å². The summed E-state index contributed by atoms with van der Waals surface area (Å²) in [6, 6.07) is 2.70. The summed E-state index contributed by atoms with van der Waals surface area (Å²) in [5.74, 6) is 0.0672. The van der Waals surface area contributed by atoms with Gasteiger partial charge in [-0.25, -0.2) is 4.79 Å². The molecule has 2 amide bonds. The molecular weight excluding hydrogens is 474 g/mol. The molecule has 0 spiro atoms. The number of fused-ring (bicyclic) bond motifs is 1. The average molecular weight is 514 g/mol. The fourth-order valence-electron chi connectivity index (χ4n) is 6.38. The molecule has 2 aliphatic heterocycles. The van der Waals surface area contributed by atoms with E-state index in [0.29, 0.717) is 43.8 Å². The molecule has 1 aromatic rings. The van der Waals surface area contributed by atoms with E-state index in [1.54, 1.807) is 22.8 Å². The van der Waals surface area contributed by atoms with E-state index >= 15 is 0 Å². The SMILES string of the molecule is COC(=O)[C@@H]1CCCN1C(=O)C1CCCCN1C(=O)CCCCC1CCc2cc([N+](=O)[O-])c(C)cc2C1. The predicted molar refractivity (Wildman–Crippen MR) is 138 cm³/mol. The number of unbranched alkanes of at least 4 members (excludes halogenated alkanes) is 1. The molecule has 0 N–H and O–H groups in total. The van der Waals surface area contributed by atoms with E-state index < -0.39 is 12.1 Å². The first kappa shape index (κ1) is 27.1. The Balaban J connectivity index is 1.27. The van der Waals surface area contributed by atoms with E-state index in [-0.39, 0.29) is 28.4 Å². The van der Waals surface area contributed by atoms with Crippen LogP contribution in [0.15, 0.2) is 12.1 Å². The van der Waals surface area contributed by atoms with Crippen molar-refractivity contribution in [1.82, 2.24) is 9.80 Å². The molecule has 9 heteroatoms. The molecular formula is C28H39N3O6. The van der Waals surface area contributed by atoms with Gasteiger partial charge in [-0.3, -0.25) is 19.7 Å². The quantitative estimate of drug-likeness (QED) is 0.224. The molecule has 0 bridgehead atoms. The van der Waals surface area contributed by atoms with Gasteiger partial charge in [0.05, 0.1) is 12.0 Å². The zero-order valence-corrected chi connectivity index (χ0v) is 22.1. The lowest BCUT2D eigenvalue weighted by Crippen LogP contribution is -2.55. The van der Waals surface area contributed by atoms with Crippen LogP contribution < -0.4 is 0 Å². The number of likely N-dealkylation sites (tertiary alicyclic amines) is 2. The van der Waals surface area contributed by atoms with E-state index in [4.69, 9.17) is 4.74 Å².